The molecule has 19 heteroatoms. The maximum absolute atomic E-state index is 14.5. The van der Waals surface area contributed by atoms with E-state index in [0.717, 1.165) is 67.0 Å². The van der Waals surface area contributed by atoms with Crippen LogP contribution in [0.25, 0.3) is 0 Å². The maximum atomic E-state index is 14.5. The number of ether oxygens (including phenoxy) is 8. The highest BCUT2D eigenvalue weighted by atomic mass is 32.2. The Morgan fingerprint density at radius 3 is 1.12 bits per heavy atom. The highest BCUT2D eigenvalue weighted by molar-refractivity contribution is 8.17. The van der Waals surface area contributed by atoms with E-state index in [0.29, 0.717) is 31.8 Å². The Kier molecular flexibility index (Phi) is 31.1. The molecule has 4 amide bonds. The molecule has 0 unspecified atom stereocenters. The number of thioether (sulfide) groups is 4. The van der Waals surface area contributed by atoms with Crippen LogP contribution in [0.4, 0.5) is 9.59 Å². The fraction of sp³-hybridized carbons (Fsp3) is 0.452. The number of nitrogens with zero attached hydrogens (tertiary/aromatic N) is 2. The second-order valence-corrected chi connectivity index (χ2v) is 28.8. The summed E-state index contributed by atoms with van der Waals surface area (Å²) in [5, 5.41) is 12.0. The van der Waals surface area contributed by atoms with Crippen molar-refractivity contribution in [1.29, 1.82) is 0 Å². The molecule has 15 nitrogen and oxygen atoms in total. The first-order chi connectivity index (χ1) is 44.7. The van der Waals surface area contributed by atoms with Crippen molar-refractivity contribution in [2.24, 2.45) is 17.8 Å². The third kappa shape index (κ3) is 21.5. The van der Waals surface area contributed by atoms with Gasteiger partial charge in [-0.3, -0.25) is 9.59 Å². The Morgan fingerprint density at radius 2 is 0.761 bits per heavy atom. The number of aliphatic hydroxyl groups is 1. The van der Waals surface area contributed by atoms with Crippen molar-refractivity contribution in [3.63, 3.8) is 0 Å². The minimum absolute atomic E-state index is 0.00304. The molecule has 0 bridgehead atoms. The monoisotopic (exact) mass is 1330 g/mol. The van der Waals surface area contributed by atoms with Crippen molar-refractivity contribution in [1.82, 2.24) is 9.80 Å². The van der Waals surface area contributed by atoms with Gasteiger partial charge in [-0.25, -0.2) is 19.4 Å². The zero-order valence-corrected chi connectivity index (χ0v) is 57.7. The van der Waals surface area contributed by atoms with Crippen molar-refractivity contribution in [3.8, 4) is 11.5 Å². The molecule has 10 atom stereocenters. The number of rotatable bonds is 36. The van der Waals surface area contributed by atoms with Gasteiger partial charge < -0.3 is 43.0 Å². The lowest BCUT2D eigenvalue weighted by Gasteiger charge is -2.38. The third-order valence-corrected chi connectivity index (χ3v) is 21.7. The molecule has 2 aliphatic rings. The average Bonchev–Trinajstić information content (AvgIpc) is 1.70. The van der Waals surface area contributed by atoms with Crippen LogP contribution in [0, 0.1) is 17.8 Å². The molecule has 6 aromatic rings. The van der Waals surface area contributed by atoms with Gasteiger partial charge in [0.1, 0.15) is 30.8 Å². The lowest BCUT2D eigenvalue weighted by atomic mass is 9.85. The number of hydrogen-bond acceptors (Lipinski definition) is 17. The molecular weight excluding hydrogens is 1240 g/mol. The summed E-state index contributed by atoms with van der Waals surface area (Å²) in [5.74, 6) is 3.17. The molecule has 2 fully saturated rings. The molecule has 0 aliphatic carbocycles. The number of cyclic esters (lactones) is 2. The molecule has 496 valence electrons. The molecular formula is C73H92N2O13S4. The third-order valence-electron chi connectivity index (χ3n) is 16.3. The zero-order valence-electron chi connectivity index (χ0n) is 54.5. The summed E-state index contributed by atoms with van der Waals surface area (Å²) >= 11 is 7.25. The molecule has 2 aliphatic heterocycles. The molecule has 0 saturated carbocycles. The largest absolute Gasteiger partial charge is 0.497 e. The molecule has 92 heavy (non-hydrogen) atoms. The first-order valence-corrected chi connectivity index (χ1v) is 35.9. The quantitative estimate of drug-likeness (QED) is 0.0368. The van der Waals surface area contributed by atoms with E-state index in [1.165, 1.54) is 4.90 Å². The van der Waals surface area contributed by atoms with E-state index in [1.807, 2.05) is 195 Å². The van der Waals surface area contributed by atoms with E-state index in [-0.39, 0.29) is 59.4 Å². The standard InChI is InChI=1S/C37H47NO6S2.C36H45NO7S2/c1-6-45-36(46-7-2)34(43-23-29-16-12-9-13-17-29)27(4)26(3)33(42-24-30-18-20-32(41-5)21-19-30)35(39)38-31(25-44-37(38)40)22-28-14-10-8-11-15-28;1-5-45-35(46-6-2)32(42-22-27-15-11-8-12-16-27)25(3)31(38)33(43-23-28-17-19-30(41-4)20-18-28)34(39)37-29(24-44-36(37)40)21-26-13-9-7-10-14-26/h8-21,26-27,31,33-34,36H,6-7,22-25H2,1-5H3;7-20,25,29,31-33,35,38H,5-6,21-24H2,1-4H3/t26-,27+,31-,33+,34-;25-,29+,31+,32+,33-/m10/s1. The molecule has 2 heterocycles. The van der Waals surface area contributed by atoms with Crippen LogP contribution in [0.2, 0.25) is 0 Å². The lowest BCUT2D eigenvalue weighted by Crippen LogP contribution is -2.54. The van der Waals surface area contributed by atoms with Gasteiger partial charge in [-0.1, -0.05) is 194 Å². The predicted octanol–water partition coefficient (Wildman–Crippen LogP) is 14.4. The van der Waals surface area contributed by atoms with Gasteiger partial charge in [0.25, 0.3) is 11.8 Å². The topological polar surface area (TPSA) is 169 Å². The number of methoxy groups -OCH3 is 2. The highest BCUT2D eigenvalue weighted by Gasteiger charge is 2.48. The van der Waals surface area contributed by atoms with Crippen LogP contribution < -0.4 is 9.47 Å². The number of aliphatic hydroxyl groups excluding tert-OH is 1. The average molecular weight is 1330 g/mol. The summed E-state index contributed by atoms with van der Waals surface area (Å²) in [5.41, 5.74) is 5.82. The molecule has 6 aromatic carbocycles. The fourth-order valence-electron chi connectivity index (χ4n) is 11.1. The smallest absolute Gasteiger partial charge is 0.417 e. The van der Waals surface area contributed by atoms with Crippen molar-refractivity contribution in [2.75, 3.05) is 50.4 Å². The van der Waals surface area contributed by atoms with E-state index < -0.39 is 60.5 Å². The first-order valence-electron chi connectivity index (χ1n) is 31.7. The summed E-state index contributed by atoms with van der Waals surface area (Å²) in [7, 11) is 3.22. The van der Waals surface area contributed by atoms with Gasteiger partial charge in [-0.05, 0) is 105 Å². The number of benzene rings is 6. The summed E-state index contributed by atoms with van der Waals surface area (Å²) in [6, 6.07) is 53.5. The Bertz CT molecular complexity index is 2890. The van der Waals surface area contributed by atoms with Gasteiger partial charge in [0.2, 0.25) is 0 Å². The number of amides is 4. The number of hydrogen-bond donors (Lipinski definition) is 1. The highest BCUT2D eigenvalue weighted by Crippen LogP contribution is 2.39. The van der Waals surface area contributed by atoms with Crippen LogP contribution in [-0.4, -0.2) is 141 Å². The van der Waals surface area contributed by atoms with Crippen molar-refractivity contribution in [2.45, 2.75) is 140 Å². The zero-order chi connectivity index (χ0) is 65.8. The predicted molar refractivity (Wildman–Crippen MR) is 371 cm³/mol. The maximum Gasteiger partial charge on any atom is 0.417 e. The van der Waals surface area contributed by atoms with E-state index >= 15 is 0 Å². The molecule has 2 saturated heterocycles. The van der Waals surface area contributed by atoms with Crippen LogP contribution in [0.1, 0.15) is 81.8 Å². The summed E-state index contributed by atoms with van der Waals surface area (Å²) < 4.78 is 47.6. The Morgan fingerprint density at radius 1 is 0.446 bits per heavy atom. The first kappa shape index (κ1) is 73.4. The lowest BCUT2D eigenvalue weighted by molar-refractivity contribution is -0.158. The van der Waals surface area contributed by atoms with Gasteiger partial charge in [-0.2, -0.15) is 0 Å². The fourth-order valence-corrected chi connectivity index (χ4v) is 16.8. The van der Waals surface area contributed by atoms with Gasteiger partial charge in [0.05, 0.1) is 80.2 Å². The normalized spacial score (nSPS) is 17.4. The van der Waals surface area contributed by atoms with Gasteiger partial charge in [-0.15, -0.1) is 47.0 Å². The van der Waals surface area contributed by atoms with Crippen LogP contribution in [-0.2, 0) is 77.3 Å². The van der Waals surface area contributed by atoms with E-state index in [1.54, 1.807) is 37.7 Å². The molecule has 1 N–H and O–H groups in total. The summed E-state index contributed by atoms with van der Waals surface area (Å²) in [4.78, 5) is 57.3. The molecule has 0 aromatic heterocycles. The Hall–Kier alpha value is -6.00. The Labute approximate surface area is 562 Å². The molecule has 8 rings (SSSR count). The van der Waals surface area contributed by atoms with Gasteiger partial charge in [0, 0.05) is 5.92 Å². The number of carbonyl (C=O) groups is 4. The molecule has 0 spiro atoms. The van der Waals surface area contributed by atoms with Crippen molar-refractivity contribution >= 4 is 71.0 Å². The second-order valence-electron chi connectivity index (χ2n) is 22.6. The minimum Gasteiger partial charge on any atom is -0.497 e. The number of imide groups is 2. The van der Waals surface area contributed by atoms with Crippen LogP contribution in [0.3, 0.4) is 0 Å². The van der Waals surface area contributed by atoms with Crippen molar-refractivity contribution in [3.05, 3.63) is 203 Å². The van der Waals surface area contributed by atoms with E-state index in [4.69, 9.17) is 37.9 Å². The van der Waals surface area contributed by atoms with Crippen LogP contribution >= 0.6 is 47.0 Å². The minimum atomic E-state index is -1.34. The van der Waals surface area contributed by atoms with Gasteiger partial charge in [0.15, 0.2) is 6.10 Å². The SMILES string of the molecule is CCSC(SCC)[C@H](OCc1ccccc1)[C@@H](C)[C@@H](C)[C@H](OCc1ccc(OC)cc1)C(=O)N1C(=O)OC[C@H]1Cc1ccccc1.CCSC(SCC)[C@H](OCc1ccccc1)[C@@H](C)[C@@H](O)[C@H](OCc1ccc(OC)cc1)C(=O)N1C(=O)OC[C@H]1Cc1ccccc1. The Balaban J connectivity index is 0.000000261. The van der Waals surface area contributed by atoms with Crippen molar-refractivity contribution < 1.29 is 62.2 Å². The van der Waals surface area contributed by atoms with Crippen LogP contribution in [0.15, 0.2) is 170 Å². The second kappa shape index (κ2) is 39.0. The van der Waals surface area contributed by atoms with E-state index in [9.17, 15) is 24.3 Å². The number of carbonyl (C=O) groups excluding carboxylic acids is 4. The summed E-state index contributed by atoms with van der Waals surface area (Å²) in [6.07, 6.45) is -4.53. The summed E-state index contributed by atoms with van der Waals surface area (Å²) in [6.45, 7) is 15.9. The van der Waals surface area contributed by atoms with Gasteiger partial charge >= 0.3 is 12.2 Å². The van der Waals surface area contributed by atoms with E-state index in [2.05, 4.69) is 46.8 Å². The van der Waals surface area contributed by atoms with Crippen LogP contribution in [0.5, 0.6) is 11.5 Å². The molecule has 0 radical (unpaired) electrons.